The molecule has 6 atom stereocenters. The van der Waals surface area contributed by atoms with Crippen LogP contribution in [0.3, 0.4) is 0 Å². The van der Waals surface area contributed by atoms with Crippen LogP contribution in [0.5, 0.6) is 0 Å². The van der Waals surface area contributed by atoms with Crippen molar-refractivity contribution >= 4 is 29.5 Å². The fraction of sp³-hybridized carbons (Fsp3) is 0.594. The predicted octanol–water partition coefficient (Wildman–Crippen LogP) is 3.92. The second kappa shape index (κ2) is 12.1. The number of fused-ring (bicyclic) bond motifs is 1. The molecule has 2 unspecified atom stereocenters. The van der Waals surface area contributed by atoms with E-state index in [4.69, 9.17) is 0 Å². The molecule has 0 saturated carbocycles. The zero-order chi connectivity index (χ0) is 29.2. The number of thioether (sulfide) groups is 1. The van der Waals surface area contributed by atoms with Crippen molar-refractivity contribution in [3.05, 3.63) is 61.2 Å². The first-order valence-corrected chi connectivity index (χ1v) is 15.4. The Morgan fingerprint density at radius 2 is 1.82 bits per heavy atom. The Balaban J connectivity index is 1.83. The first kappa shape index (κ1) is 30.4. The van der Waals surface area contributed by atoms with E-state index in [9.17, 15) is 19.5 Å². The summed E-state index contributed by atoms with van der Waals surface area (Å²) in [6, 6.07) is 8.31. The Morgan fingerprint density at radius 1 is 1.15 bits per heavy atom. The molecule has 218 valence electrons. The maximum absolute atomic E-state index is 14.6. The summed E-state index contributed by atoms with van der Waals surface area (Å²) in [5.74, 6) is -1.49. The van der Waals surface area contributed by atoms with Crippen LogP contribution in [0.25, 0.3) is 0 Å². The number of hydrogen-bond acceptors (Lipinski definition) is 5. The number of likely N-dealkylation sites (tertiary alicyclic amines) is 1. The first-order chi connectivity index (χ1) is 19.1. The molecule has 2 bridgehead atoms. The first-order valence-electron chi connectivity index (χ1n) is 14.6. The number of nitrogens with zero attached hydrogens (tertiary/aromatic N) is 3. The number of carbonyl (C=O) groups is 3. The summed E-state index contributed by atoms with van der Waals surface area (Å²) in [5.41, 5.74) is 0.985. The summed E-state index contributed by atoms with van der Waals surface area (Å²) in [7, 11) is 0. The monoisotopic (exact) mass is 567 g/mol. The average molecular weight is 568 g/mol. The van der Waals surface area contributed by atoms with Crippen LogP contribution in [0.1, 0.15) is 52.5 Å². The highest BCUT2D eigenvalue weighted by Gasteiger charge is 2.78. The molecule has 1 aromatic rings. The van der Waals surface area contributed by atoms with Crippen molar-refractivity contribution in [2.45, 2.75) is 81.0 Å². The van der Waals surface area contributed by atoms with E-state index in [1.165, 1.54) is 0 Å². The number of amides is 3. The molecule has 0 aliphatic carbocycles. The molecule has 3 heterocycles. The van der Waals surface area contributed by atoms with Gasteiger partial charge in [0, 0.05) is 30.4 Å². The lowest BCUT2D eigenvalue weighted by molar-refractivity contribution is -0.148. The van der Waals surface area contributed by atoms with Crippen molar-refractivity contribution in [2.75, 3.05) is 26.2 Å². The largest absolute Gasteiger partial charge is 0.394 e. The number of carbonyl (C=O) groups excluding carboxylic acids is 3. The molecule has 3 aliphatic rings. The van der Waals surface area contributed by atoms with E-state index in [0.29, 0.717) is 32.5 Å². The zero-order valence-corrected chi connectivity index (χ0v) is 25.2. The standard InChI is InChI=1S/C32H45N3O4S/c1-7-17-33(18-8-2)28(37)25-26-29(38)35(24(21-36)20-23-13-11-10-12-14-23)27(30(39)34(19-9-3)22(4)5)32(26)16-15-31(25,6)40-32/h7,9-14,22,24-27,36H,1,3,8,15-21H2,2,4-6H3/t24-,25-,26+,27?,31+,32?/m1/s1. The van der Waals surface area contributed by atoms with E-state index < -0.39 is 33.4 Å². The van der Waals surface area contributed by atoms with E-state index in [-0.39, 0.29) is 30.4 Å². The SMILES string of the molecule is C=CCN(CCC)C(=O)[C@H]1[C@H]2C(=O)N([C@@H](CO)Cc3ccccc3)C(C(=O)N(CC=C)C(C)C)C23CC[C@]1(C)S3. The number of aliphatic hydroxyl groups excluding tert-OH is 1. The lowest BCUT2D eigenvalue weighted by Crippen LogP contribution is -2.59. The van der Waals surface area contributed by atoms with Crippen LogP contribution < -0.4 is 0 Å². The third-order valence-corrected chi connectivity index (χ3v) is 11.0. The topological polar surface area (TPSA) is 81.2 Å². The molecule has 1 spiro atoms. The summed E-state index contributed by atoms with van der Waals surface area (Å²) in [5, 5.41) is 10.7. The third kappa shape index (κ3) is 5.02. The molecule has 3 fully saturated rings. The van der Waals surface area contributed by atoms with Gasteiger partial charge in [-0.2, -0.15) is 0 Å². The predicted molar refractivity (Wildman–Crippen MR) is 161 cm³/mol. The molecule has 3 aliphatic heterocycles. The van der Waals surface area contributed by atoms with Gasteiger partial charge in [0.1, 0.15) is 6.04 Å². The van der Waals surface area contributed by atoms with E-state index >= 15 is 0 Å². The molecular formula is C32H45N3O4S. The third-order valence-electron chi connectivity index (χ3n) is 9.02. The maximum Gasteiger partial charge on any atom is 0.247 e. The highest BCUT2D eigenvalue weighted by atomic mass is 32.2. The van der Waals surface area contributed by atoms with Crippen LogP contribution in [0, 0.1) is 11.8 Å². The Kier molecular flexibility index (Phi) is 9.20. The maximum atomic E-state index is 14.6. The van der Waals surface area contributed by atoms with Crippen LogP contribution in [-0.4, -0.2) is 91.4 Å². The lowest BCUT2D eigenvalue weighted by atomic mass is 9.66. The summed E-state index contributed by atoms with van der Waals surface area (Å²) in [6.45, 7) is 16.9. The number of rotatable bonds is 13. The molecule has 4 rings (SSSR count). The minimum atomic E-state index is -0.767. The van der Waals surface area contributed by atoms with Crippen LogP contribution in [0.15, 0.2) is 55.6 Å². The van der Waals surface area contributed by atoms with Gasteiger partial charge in [-0.25, -0.2) is 0 Å². The van der Waals surface area contributed by atoms with Gasteiger partial charge >= 0.3 is 0 Å². The summed E-state index contributed by atoms with van der Waals surface area (Å²) in [6.07, 6.45) is 6.12. The number of aliphatic hydroxyl groups is 1. The van der Waals surface area contributed by atoms with Crippen LogP contribution in [-0.2, 0) is 20.8 Å². The Hall–Kier alpha value is -2.58. The molecule has 1 N–H and O–H groups in total. The quantitative estimate of drug-likeness (QED) is 0.366. The van der Waals surface area contributed by atoms with E-state index in [1.54, 1.807) is 33.7 Å². The fourth-order valence-electron chi connectivity index (χ4n) is 7.31. The van der Waals surface area contributed by atoms with Crippen LogP contribution in [0.2, 0.25) is 0 Å². The van der Waals surface area contributed by atoms with Crippen LogP contribution >= 0.6 is 11.8 Å². The molecule has 3 saturated heterocycles. The zero-order valence-electron chi connectivity index (χ0n) is 24.4. The molecule has 7 nitrogen and oxygen atoms in total. The highest BCUT2D eigenvalue weighted by Crippen LogP contribution is 2.72. The van der Waals surface area contributed by atoms with Crippen molar-refractivity contribution in [3.8, 4) is 0 Å². The van der Waals surface area contributed by atoms with Crippen LogP contribution in [0.4, 0.5) is 0 Å². The molecular weight excluding hydrogens is 522 g/mol. The minimum Gasteiger partial charge on any atom is -0.394 e. The molecule has 0 radical (unpaired) electrons. The Morgan fingerprint density at radius 3 is 2.40 bits per heavy atom. The van der Waals surface area contributed by atoms with E-state index in [2.05, 4.69) is 20.1 Å². The molecule has 1 aromatic carbocycles. The van der Waals surface area contributed by atoms with Crippen molar-refractivity contribution in [2.24, 2.45) is 11.8 Å². The molecule has 40 heavy (non-hydrogen) atoms. The van der Waals surface area contributed by atoms with Crippen molar-refractivity contribution < 1.29 is 19.5 Å². The molecule has 8 heteroatoms. The number of hydrogen-bond donors (Lipinski definition) is 1. The Labute approximate surface area is 243 Å². The van der Waals surface area contributed by atoms with Gasteiger partial charge in [-0.3, -0.25) is 14.4 Å². The normalized spacial score (nSPS) is 29.4. The minimum absolute atomic E-state index is 0.0276. The van der Waals surface area contributed by atoms with Gasteiger partial charge in [0.05, 0.1) is 29.2 Å². The van der Waals surface area contributed by atoms with E-state index in [0.717, 1.165) is 18.4 Å². The summed E-state index contributed by atoms with van der Waals surface area (Å²) < 4.78 is -1.17. The van der Waals surface area contributed by atoms with Gasteiger partial charge in [0.25, 0.3) is 0 Å². The Bertz CT molecular complexity index is 1130. The lowest BCUT2D eigenvalue weighted by Gasteiger charge is -2.40. The molecule has 3 amide bonds. The fourth-order valence-corrected chi connectivity index (χ4v) is 9.64. The van der Waals surface area contributed by atoms with Crippen molar-refractivity contribution in [3.63, 3.8) is 0 Å². The van der Waals surface area contributed by atoms with Gasteiger partial charge in [-0.15, -0.1) is 24.9 Å². The summed E-state index contributed by atoms with van der Waals surface area (Å²) in [4.78, 5) is 48.6. The van der Waals surface area contributed by atoms with Gasteiger partial charge in [0.15, 0.2) is 0 Å². The summed E-state index contributed by atoms with van der Waals surface area (Å²) >= 11 is 1.68. The highest BCUT2D eigenvalue weighted by molar-refractivity contribution is 8.02. The van der Waals surface area contributed by atoms with Crippen molar-refractivity contribution in [1.82, 2.24) is 14.7 Å². The van der Waals surface area contributed by atoms with Gasteiger partial charge in [0.2, 0.25) is 17.7 Å². The second-order valence-corrected chi connectivity index (χ2v) is 13.8. The van der Waals surface area contributed by atoms with Crippen molar-refractivity contribution in [1.29, 1.82) is 0 Å². The van der Waals surface area contributed by atoms with E-state index in [1.807, 2.05) is 56.0 Å². The van der Waals surface area contributed by atoms with Gasteiger partial charge in [-0.1, -0.05) is 49.4 Å². The second-order valence-electron chi connectivity index (χ2n) is 11.9. The average Bonchev–Trinajstić information content (AvgIpc) is 3.50. The van der Waals surface area contributed by atoms with Gasteiger partial charge < -0.3 is 19.8 Å². The smallest absolute Gasteiger partial charge is 0.247 e. The number of benzene rings is 1. The molecule has 0 aromatic heterocycles. The van der Waals surface area contributed by atoms with Gasteiger partial charge in [-0.05, 0) is 52.0 Å².